The van der Waals surface area contributed by atoms with Crippen molar-refractivity contribution in [3.05, 3.63) is 69.1 Å². The van der Waals surface area contributed by atoms with Crippen molar-refractivity contribution in [2.45, 2.75) is 53.6 Å². The Morgan fingerprint density at radius 1 is 1.21 bits per heavy atom. The summed E-state index contributed by atoms with van der Waals surface area (Å²) in [6.07, 6.45) is 13.1. The Balaban J connectivity index is 2.72. The Hall–Kier alpha value is -2.53. The first-order chi connectivity index (χ1) is 13.8. The molecule has 1 heterocycles. The van der Waals surface area contributed by atoms with Gasteiger partial charge in [-0.15, -0.1) is 0 Å². The van der Waals surface area contributed by atoms with Crippen molar-refractivity contribution >= 4 is 0 Å². The minimum atomic E-state index is -0.446. The van der Waals surface area contributed by atoms with E-state index >= 15 is 0 Å². The van der Waals surface area contributed by atoms with E-state index in [9.17, 15) is 9.90 Å². The molecule has 29 heavy (non-hydrogen) atoms. The number of aromatic amines is 1. The molecule has 0 fully saturated rings. The number of rotatable bonds is 10. The summed E-state index contributed by atoms with van der Waals surface area (Å²) in [5.41, 5.74) is 3.47. The van der Waals surface area contributed by atoms with Crippen molar-refractivity contribution in [3.63, 3.8) is 0 Å². The molecule has 0 aliphatic carbocycles. The van der Waals surface area contributed by atoms with Gasteiger partial charge in [-0.1, -0.05) is 49.0 Å². The summed E-state index contributed by atoms with van der Waals surface area (Å²) in [6, 6.07) is 0. The summed E-state index contributed by atoms with van der Waals surface area (Å²) in [6.45, 7) is 9.72. The van der Waals surface area contributed by atoms with Crippen molar-refractivity contribution < 1.29 is 14.6 Å². The maximum absolute atomic E-state index is 12.4. The Morgan fingerprint density at radius 3 is 2.48 bits per heavy atom. The van der Waals surface area contributed by atoms with Gasteiger partial charge in [0.15, 0.2) is 0 Å². The van der Waals surface area contributed by atoms with Crippen LogP contribution in [0.1, 0.15) is 45.4 Å². The first kappa shape index (κ1) is 24.5. The van der Waals surface area contributed by atoms with E-state index in [-0.39, 0.29) is 17.1 Å². The van der Waals surface area contributed by atoms with E-state index in [1.807, 2.05) is 45.1 Å². The van der Waals surface area contributed by atoms with E-state index in [1.54, 1.807) is 6.92 Å². The molecule has 160 valence electrons. The Bertz CT molecular complexity index is 843. The molecule has 0 saturated heterocycles. The number of aliphatic hydroxyl groups excluding tert-OH is 1. The molecule has 1 aromatic heterocycles. The number of hydrogen-bond acceptors (Lipinski definition) is 4. The summed E-state index contributed by atoms with van der Waals surface area (Å²) in [7, 11) is 2.96. The predicted molar refractivity (Wildman–Crippen MR) is 120 cm³/mol. The highest BCUT2D eigenvalue weighted by Crippen LogP contribution is 2.22. The molecule has 2 N–H and O–H groups in total. The number of pyridine rings is 1. The summed E-state index contributed by atoms with van der Waals surface area (Å²) in [5, 5.41) is 10.1. The van der Waals surface area contributed by atoms with E-state index in [4.69, 9.17) is 9.47 Å². The largest absolute Gasteiger partial charge is 0.488 e. The van der Waals surface area contributed by atoms with Gasteiger partial charge in [-0.2, -0.15) is 0 Å². The van der Waals surface area contributed by atoms with Crippen LogP contribution >= 0.6 is 0 Å². The number of H-pyrrole nitrogens is 1. The third kappa shape index (κ3) is 7.09. The average Bonchev–Trinajstić information content (AvgIpc) is 2.72. The molecule has 1 rings (SSSR count). The van der Waals surface area contributed by atoms with Crippen molar-refractivity contribution in [2.24, 2.45) is 5.92 Å². The number of methoxy groups -OCH3 is 2. The standard InChI is InChI=1S/C24H35NO4/c1-8-17(3)21(26)18(4)13-11-9-10-12-16(2)14-15-20-19(5)22(27)23(28-6)24(25-20)29-7/h8-11,13-14,18,21,26H,12,15H2,1-7H3,(H,25,27)/b10-9+,13-11+,16-14+,17-8+. The SMILES string of the molecule is C/C=C(\C)C(O)C(C)/C=C/C=C/C/C(C)=C/Cc1[nH]c(OC)c(OC)c(=O)c1C. The molecule has 0 spiro atoms. The zero-order chi connectivity index (χ0) is 22.0. The molecule has 0 amide bonds. The van der Waals surface area contributed by atoms with Crippen LogP contribution in [0.5, 0.6) is 11.6 Å². The second-order valence-corrected chi connectivity index (χ2v) is 7.23. The second kappa shape index (κ2) is 12.1. The molecule has 0 aromatic carbocycles. The van der Waals surface area contributed by atoms with Crippen molar-refractivity contribution in [2.75, 3.05) is 14.2 Å². The third-order valence-corrected chi connectivity index (χ3v) is 5.05. The van der Waals surface area contributed by atoms with Crippen molar-refractivity contribution in [1.82, 2.24) is 4.98 Å². The van der Waals surface area contributed by atoms with Crippen LogP contribution in [0, 0.1) is 12.8 Å². The average molecular weight is 402 g/mol. The highest BCUT2D eigenvalue weighted by atomic mass is 16.5. The van der Waals surface area contributed by atoms with E-state index in [0.717, 1.165) is 17.7 Å². The lowest BCUT2D eigenvalue weighted by Crippen LogP contribution is -2.16. The van der Waals surface area contributed by atoms with Crippen LogP contribution in [0.3, 0.4) is 0 Å². The van der Waals surface area contributed by atoms with Gasteiger partial charge < -0.3 is 19.6 Å². The van der Waals surface area contributed by atoms with Crippen molar-refractivity contribution in [1.29, 1.82) is 0 Å². The van der Waals surface area contributed by atoms with Gasteiger partial charge in [-0.3, -0.25) is 4.79 Å². The first-order valence-corrected chi connectivity index (χ1v) is 9.90. The van der Waals surface area contributed by atoms with E-state index < -0.39 is 6.10 Å². The summed E-state index contributed by atoms with van der Waals surface area (Å²) in [5.74, 6) is 0.615. The number of allylic oxidation sites excluding steroid dienone is 6. The fourth-order valence-electron chi connectivity index (χ4n) is 2.85. The van der Waals surface area contributed by atoms with Crippen LogP contribution in [-0.2, 0) is 6.42 Å². The molecular formula is C24H35NO4. The lowest BCUT2D eigenvalue weighted by atomic mass is 9.98. The fraction of sp³-hybridized carbons (Fsp3) is 0.458. The van der Waals surface area contributed by atoms with Crippen LogP contribution in [0.2, 0.25) is 0 Å². The van der Waals surface area contributed by atoms with Crippen LogP contribution in [0.25, 0.3) is 0 Å². The van der Waals surface area contributed by atoms with Gasteiger partial charge in [-0.25, -0.2) is 0 Å². The number of ether oxygens (including phenoxy) is 2. The molecule has 0 aliphatic heterocycles. The number of hydrogen-bond donors (Lipinski definition) is 2. The molecule has 5 nitrogen and oxygen atoms in total. The molecule has 0 bridgehead atoms. The van der Waals surface area contributed by atoms with Gasteiger partial charge in [0.25, 0.3) is 0 Å². The molecule has 0 saturated carbocycles. The van der Waals surface area contributed by atoms with Crippen LogP contribution in [0.15, 0.2) is 52.4 Å². The third-order valence-electron chi connectivity index (χ3n) is 5.05. The Kier molecular flexibility index (Phi) is 10.2. The van der Waals surface area contributed by atoms with Crippen molar-refractivity contribution in [3.8, 4) is 11.6 Å². The van der Waals surface area contributed by atoms with Gasteiger partial charge in [0.05, 0.1) is 20.3 Å². The minimum Gasteiger partial charge on any atom is -0.488 e. The maximum atomic E-state index is 12.4. The smallest absolute Gasteiger partial charge is 0.238 e. The van der Waals surface area contributed by atoms with Crippen LogP contribution < -0.4 is 14.9 Å². The lowest BCUT2D eigenvalue weighted by Gasteiger charge is -2.15. The van der Waals surface area contributed by atoms with Gasteiger partial charge in [0.1, 0.15) is 0 Å². The molecule has 0 aliphatic rings. The zero-order valence-corrected chi connectivity index (χ0v) is 18.7. The first-order valence-electron chi connectivity index (χ1n) is 9.90. The van der Waals surface area contributed by atoms with Gasteiger partial charge in [0, 0.05) is 23.6 Å². The van der Waals surface area contributed by atoms with Crippen LogP contribution in [-0.4, -0.2) is 30.4 Å². The lowest BCUT2D eigenvalue weighted by molar-refractivity contribution is 0.173. The summed E-state index contributed by atoms with van der Waals surface area (Å²) in [4.78, 5) is 15.5. The topological polar surface area (TPSA) is 71.6 Å². The maximum Gasteiger partial charge on any atom is 0.238 e. The highest BCUT2D eigenvalue weighted by Gasteiger charge is 2.14. The molecule has 0 radical (unpaired) electrons. The summed E-state index contributed by atoms with van der Waals surface area (Å²) >= 11 is 0. The number of aliphatic hydroxyl groups is 1. The monoisotopic (exact) mass is 401 g/mol. The normalized spacial score (nSPS) is 15.2. The van der Waals surface area contributed by atoms with Gasteiger partial charge in [0.2, 0.25) is 17.1 Å². The molecular weight excluding hydrogens is 366 g/mol. The Morgan fingerprint density at radius 2 is 1.90 bits per heavy atom. The molecule has 2 atom stereocenters. The van der Waals surface area contributed by atoms with E-state index in [2.05, 4.69) is 24.1 Å². The second-order valence-electron chi connectivity index (χ2n) is 7.23. The summed E-state index contributed by atoms with van der Waals surface area (Å²) < 4.78 is 10.4. The van der Waals surface area contributed by atoms with Gasteiger partial charge >= 0.3 is 0 Å². The van der Waals surface area contributed by atoms with E-state index in [0.29, 0.717) is 17.9 Å². The fourth-order valence-corrected chi connectivity index (χ4v) is 2.85. The molecule has 1 aromatic rings. The Labute approximate surface area is 174 Å². The minimum absolute atomic E-state index is 0.0670. The quantitative estimate of drug-likeness (QED) is 0.442. The number of aromatic nitrogens is 1. The van der Waals surface area contributed by atoms with Crippen LogP contribution in [0.4, 0.5) is 0 Å². The molecule has 2 unspecified atom stereocenters. The van der Waals surface area contributed by atoms with Gasteiger partial charge in [-0.05, 0) is 39.7 Å². The predicted octanol–water partition coefficient (Wildman–Crippen LogP) is 4.66. The molecule has 5 heteroatoms. The van der Waals surface area contributed by atoms with E-state index in [1.165, 1.54) is 19.8 Å². The highest BCUT2D eigenvalue weighted by molar-refractivity contribution is 5.40. The zero-order valence-electron chi connectivity index (χ0n) is 18.7. The number of nitrogens with one attached hydrogen (secondary N) is 1.